The predicted molar refractivity (Wildman–Crippen MR) is 109 cm³/mol. The monoisotopic (exact) mass is 459 g/mol. The van der Waals surface area contributed by atoms with E-state index in [1.165, 1.54) is 29.2 Å². The van der Waals surface area contributed by atoms with E-state index in [9.17, 15) is 28.0 Å². The molecule has 0 aliphatic carbocycles. The van der Waals surface area contributed by atoms with Crippen LogP contribution in [0.15, 0.2) is 42.5 Å². The second-order valence-corrected chi connectivity index (χ2v) is 7.50. The number of alkyl halides is 2. The number of piperidine rings is 1. The van der Waals surface area contributed by atoms with Crippen LogP contribution in [-0.4, -0.2) is 41.4 Å². The summed E-state index contributed by atoms with van der Waals surface area (Å²) in [5.41, 5.74) is 1.89. The van der Waals surface area contributed by atoms with Crippen molar-refractivity contribution in [3.63, 3.8) is 0 Å². The van der Waals surface area contributed by atoms with Gasteiger partial charge >= 0.3 is 12.7 Å². The number of imide groups is 1. The SMILES string of the molecule is O=C1CCC(N2Cc3ccc(COC(=O)Nc4cccc(OC(F)F)c4)cc3C2=O)C(=O)N1. The second kappa shape index (κ2) is 9.23. The molecule has 9 nitrogen and oxygen atoms in total. The number of carbonyl (C=O) groups is 4. The fraction of sp³-hybridized carbons (Fsp3) is 0.273. The van der Waals surface area contributed by atoms with Gasteiger partial charge < -0.3 is 14.4 Å². The van der Waals surface area contributed by atoms with Crippen LogP contribution in [0.1, 0.15) is 34.3 Å². The summed E-state index contributed by atoms with van der Waals surface area (Å²) in [6, 6.07) is 9.77. The molecule has 2 N–H and O–H groups in total. The molecule has 0 radical (unpaired) electrons. The number of nitrogens with one attached hydrogen (secondary N) is 2. The highest BCUT2D eigenvalue weighted by Gasteiger charge is 2.39. The predicted octanol–water partition coefficient (Wildman–Crippen LogP) is 2.80. The van der Waals surface area contributed by atoms with Crippen molar-refractivity contribution in [1.82, 2.24) is 10.2 Å². The number of nitrogens with zero attached hydrogens (tertiary/aromatic N) is 1. The van der Waals surface area contributed by atoms with Gasteiger partial charge in [-0.25, -0.2) is 4.79 Å². The number of carbonyl (C=O) groups excluding carboxylic acids is 4. The lowest BCUT2D eigenvalue weighted by Crippen LogP contribution is -2.52. The van der Waals surface area contributed by atoms with E-state index in [2.05, 4.69) is 15.4 Å². The number of hydrogen-bond acceptors (Lipinski definition) is 6. The van der Waals surface area contributed by atoms with E-state index in [0.717, 1.165) is 5.56 Å². The molecular formula is C22H19F2N3O6. The van der Waals surface area contributed by atoms with Gasteiger partial charge in [0.1, 0.15) is 18.4 Å². The zero-order valence-corrected chi connectivity index (χ0v) is 17.2. The van der Waals surface area contributed by atoms with E-state index < -0.39 is 24.7 Å². The summed E-state index contributed by atoms with van der Waals surface area (Å²) in [6.07, 6.45) is -0.382. The van der Waals surface area contributed by atoms with Crippen molar-refractivity contribution in [2.45, 2.75) is 38.6 Å². The Morgan fingerprint density at radius 2 is 2.00 bits per heavy atom. The van der Waals surface area contributed by atoms with Gasteiger partial charge in [0.25, 0.3) is 5.91 Å². The zero-order chi connectivity index (χ0) is 23.5. The minimum atomic E-state index is -2.99. The van der Waals surface area contributed by atoms with Gasteiger partial charge in [0.2, 0.25) is 11.8 Å². The molecule has 2 aliphatic rings. The first kappa shape index (κ1) is 22.2. The molecule has 172 valence electrons. The number of anilines is 1. The molecule has 0 bridgehead atoms. The number of ether oxygens (including phenoxy) is 2. The molecule has 1 atom stereocenters. The lowest BCUT2D eigenvalue weighted by Gasteiger charge is -2.29. The van der Waals surface area contributed by atoms with Crippen molar-refractivity contribution in [3.05, 3.63) is 59.2 Å². The van der Waals surface area contributed by atoms with Crippen molar-refractivity contribution in [3.8, 4) is 5.75 Å². The Balaban J connectivity index is 1.36. The van der Waals surface area contributed by atoms with Crippen LogP contribution in [0.4, 0.5) is 19.3 Å². The van der Waals surface area contributed by atoms with Gasteiger partial charge in [-0.05, 0) is 35.7 Å². The Hall–Kier alpha value is -4.02. The van der Waals surface area contributed by atoms with Crippen molar-refractivity contribution in [2.24, 2.45) is 0 Å². The van der Waals surface area contributed by atoms with Crippen molar-refractivity contribution < 1.29 is 37.4 Å². The standard InChI is InChI=1S/C22H19F2N3O6/c23-21(24)33-15-3-1-2-14(9-15)25-22(31)32-11-12-4-5-13-10-27(20(30)16(13)8-12)17-6-7-18(28)26-19(17)29/h1-5,8-9,17,21H,6-7,10-11H2,(H,25,31)(H,26,28,29). The maximum Gasteiger partial charge on any atom is 0.411 e. The van der Waals surface area contributed by atoms with Crippen LogP contribution in [0.5, 0.6) is 5.75 Å². The molecule has 1 unspecified atom stereocenters. The number of fused-ring (bicyclic) bond motifs is 1. The highest BCUT2D eigenvalue weighted by molar-refractivity contribution is 6.05. The Labute approximate surface area is 186 Å². The fourth-order valence-corrected chi connectivity index (χ4v) is 3.74. The van der Waals surface area contributed by atoms with Gasteiger partial charge in [0.15, 0.2) is 0 Å². The average molecular weight is 459 g/mol. The molecule has 2 heterocycles. The lowest BCUT2D eigenvalue weighted by molar-refractivity contribution is -0.136. The Kier molecular flexibility index (Phi) is 6.20. The average Bonchev–Trinajstić information content (AvgIpc) is 3.08. The summed E-state index contributed by atoms with van der Waals surface area (Å²) in [4.78, 5) is 49.8. The molecule has 1 fully saturated rings. The van der Waals surface area contributed by atoms with Crippen molar-refractivity contribution in [2.75, 3.05) is 5.32 Å². The topological polar surface area (TPSA) is 114 Å². The van der Waals surface area contributed by atoms with E-state index in [0.29, 0.717) is 11.1 Å². The Bertz CT molecular complexity index is 1120. The van der Waals surface area contributed by atoms with E-state index in [4.69, 9.17) is 4.74 Å². The summed E-state index contributed by atoms with van der Waals surface area (Å²) in [7, 11) is 0. The largest absolute Gasteiger partial charge is 0.444 e. The number of hydrogen-bond donors (Lipinski definition) is 2. The number of rotatable bonds is 6. The van der Waals surface area contributed by atoms with Crippen LogP contribution in [0.3, 0.4) is 0 Å². The van der Waals surface area contributed by atoms with Gasteiger partial charge in [-0.15, -0.1) is 0 Å². The molecule has 1 saturated heterocycles. The molecule has 0 aromatic heterocycles. The first-order valence-electron chi connectivity index (χ1n) is 10.1. The molecule has 2 aliphatic heterocycles. The van der Waals surface area contributed by atoms with E-state index in [-0.39, 0.29) is 49.2 Å². The van der Waals surface area contributed by atoms with E-state index in [1.807, 2.05) is 0 Å². The first-order chi connectivity index (χ1) is 15.8. The third kappa shape index (κ3) is 5.08. The molecule has 0 saturated carbocycles. The summed E-state index contributed by atoms with van der Waals surface area (Å²) in [6.45, 7) is -2.88. The maximum absolute atomic E-state index is 12.8. The number of amides is 4. The fourth-order valence-electron chi connectivity index (χ4n) is 3.74. The first-order valence-corrected chi connectivity index (χ1v) is 10.1. The third-order valence-corrected chi connectivity index (χ3v) is 5.27. The van der Waals surface area contributed by atoms with Crippen molar-refractivity contribution in [1.29, 1.82) is 0 Å². The highest BCUT2D eigenvalue weighted by atomic mass is 19.3. The van der Waals surface area contributed by atoms with Crippen LogP contribution in [-0.2, 0) is 27.5 Å². The van der Waals surface area contributed by atoms with E-state index >= 15 is 0 Å². The van der Waals surface area contributed by atoms with Gasteiger partial charge in [0, 0.05) is 30.3 Å². The Morgan fingerprint density at radius 1 is 1.18 bits per heavy atom. The smallest absolute Gasteiger partial charge is 0.411 e. The molecule has 11 heteroatoms. The molecule has 4 amide bonds. The van der Waals surface area contributed by atoms with Crippen LogP contribution in [0.25, 0.3) is 0 Å². The van der Waals surface area contributed by atoms with E-state index in [1.54, 1.807) is 18.2 Å². The maximum atomic E-state index is 12.8. The second-order valence-electron chi connectivity index (χ2n) is 7.50. The molecule has 33 heavy (non-hydrogen) atoms. The quantitative estimate of drug-likeness (QED) is 0.643. The van der Waals surface area contributed by atoms with Crippen molar-refractivity contribution >= 4 is 29.5 Å². The number of halogens is 2. The lowest BCUT2D eigenvalue weighted by atomic mass is 10.0. The molecule has 0 spiro atoms. The van der Waals surface area contributed by atoms with Gasteiger partial charge in [-0.3, -0.25) is 25.0 Å². The minimum absolute atomic E-state index is 0.111. The number of benzene rings is 2. The summed E-state index contributed by atoms with van der Waals surface area (Å²) in [5.74, 6) is -1.29. The van der Waals surface area contributed by atoms with Gasteiger partial charge in [0.05, 0.1) is 0 Å². The highest BCUT2D eigenvalue weighted by Crippen LogP contribution is 2.28. The van der Waals surface area contributed by atoms with Gasteiger partial charge in [-0.1, -0.05) is 18.2 Å². The molecule has 2 aromatic carbocycles. The van der Waals surface area contributed by atoms with Crippen LogP contribution in [0, 0.1) is 0 Å². The molecule has 4 rings (SSSR count). The third-order valence-electron chi connectivity index (χ3n) is 5.27. The van der Waals surface area contributed by atoms with Crippen LogP contribution < -0.4 is 15.4 Å². The molecular weight excluding hydrogens is 440 g/mol. The normalized spacial score (nSPS) is 17.6. The Morgan fingerprint density at radius 3 is 2.76 bits per heavy atom. The summed E-state index contributed by atoms with van der Waals surface area (Å²) >= 11 is 0. The summed E-state index contributed by atoms with van der Waals surface area (Å²) in [5, 5.41) is 4.66. The van der Waals surface area contributed by atoms with Crippen LogP contribution in [0.2, 0.25) is 0 Å². The van der Waals surface area contributed by atoms with Crippen LogP contribution >= 0.6 is 0 Å². The van der Waals surface area contributed by atoms with Gasteiger partial charge in [-0.2, -0.15) is 8.78 Å². The zero-order valence-electron chi connectivity index (χ0n) is 17.2. The molecule has 2 aromatic rings. The summed E-state index contributed by atoms with van der Waals surface area (Å²) < 4.78 is 34.1. The minimum Gasteiger partial charge on any atom is -0.444 e.